The van der Waals surface area contributed by atoms with Crippen LogP contribution in [0.4, 0.5) is 0 Å². The van der Waals surface area contributed by atoms with Crippen molar-refractivity contribution in [2.24, 2.45) is 0 Å². The lowest BCUT2D eigenvalue weighted by Gasteiger charge is -2.17. The minimum absolute atomic E-state index is 0.0111. The molecule has 3 aromatic rings. The van der Waals surface area contributed by atoms with Gasteiger partial charge >= 0.3 is 0 Å². The van der Waals surface area contributed by atoms with Gasteiger partial charge in [-0.1, -0.05) is 30.3 Å². The van der Waals surface area contributed by atoms with Gasteiger partial charge in [-0.05, 0) is 43.7 Å². The summed E-state index contributed by atoms with van der Waals surface area (Å²) >= 11 is 0. The Morgan fingerprint density at radius 2 is 1.84 bits per heavy atom. The van der Waals surface area contributed by atoms with E-state index in [2.05, 4.69) is 4.98 Å². The van der Waals surface area contributed by atoms with E-state index in [1.54, 1.807) is 43.0 Å². The molecule has 0 N–H and O–H groups in total. The predicted molar refractivity (Wildman–Crippen MR) is 120 cm³/mol. The quantitative estimate of drug-likeness (QED) is 0.587. The topological polar surface area (TPSA) is 76.6 Å². The Kier molecular flexibility index (Phi) is 5.96. The Morgan fingerprint density at radius 1 is 1.10 bits per heavy atom. The van der Waals surface area contributed by atoms with Crippen LogP contribution in [-0.2, 0) is 21.1 Å². The number of pyridine rings is 1. The number of carbonyl (C=O) groups excluding carboxylic acids is 1. The average molecular weight is 439 g/mol. The van der Waals surface area contributed by atoms with Gasteiger partial charge in [-0.2, -0.15) is 0 Å². The minimum Gasteiger partial charge on any atom is -0.472 e. The van der Waals surface area contributed by atoms with Crippen molar-refractivity contribution >= 4 is 26.6 Å². The molecule has 31 heavy (non-hydrogen) atoms. The molecule has 0 radical (unpaired) electrons. The Balaban J connectivity index is 1.35. The molecule has 1 aromatic heterocycles. The van der Waals surface area contributed by atoms with Gasteiger partial charge in [0.2, 0.25) is 11.8 Å². The van der Waals surface area contributed by atoms with Crippen molar-refractivity contribution in [3.8, 4) is 5.88 Å². The second kappa shape index (κ2) is 8.67. The molecule has 162 valence electrons. The van der Waals surface area contributed by atoms with E-state index in [-0.39, 0.29) is 23.3 Å². The summed E-state index contributed by atoms with van der Waals surface area (Å²) in [7, 11) is -3.31. The lowest BCUT2D eigenvalue weighted by atomic mass is 10.1. The molecular weight excluding hydrogens is 412 g/mol. The molecule has 0 spiro atoms. The van der Waals surface area contributed by atoms with Gasteiger partial charge in [0.15, 0.2) is 9.84 Å². The molecule has 0 unspecified atom stereocenters. The van der Waals surface area contributed by atoms with Crippen molar-refractivity contribution in [3.63, 3.8) is 0 Å². The number of benzene rings is 2. The first-order chi connectivity index (χ1) is 14.8. The zero-order valence-electron chi connectivity index (χ0n) is 17.7. The largest absolute Gasteiger partial charge is 0.472 e. The Morgan fingerprint density at radius 3 is 2.58 bits per heavy atom. The van der Waals surface area contributed by atoms with Crippen molar-refractivity contribution in [3.05, 3.63) is 66.2 Å². The van der Waals surface area contributed by atoms with Gasteiger partial charge < -0.3 is 9.64 Å². The number of ether oxygens (including phenoxy) is 1. The maximum Gasteiger partial charge on any atom is 0.227 e. The Bertz CT molecular complexity index is 1190. The molecular formula is C24H26N2O4S. The van der Waals surface area contributed by atoms with Gasteiger partial charge in [-0.15, -0.1) is 0 Å². The van der Waals surface area contributed by atoms with Crippen LogP contribution in [0.25, 0.3) is 10.9 Å². The highest BCUT2D eigenvalue weighted by atomic mass is 32.2. The fourth-order valence-electron chi connectivity index (χ4n) is 3.69. The van der Waals surface area contributed by atoms with Crippen LogP contribution in [0.3, 0.4) is 0 Å². The maximum atomic E-state index is 12.7. The predicted octanol–water partition coefficient (Wildman–Crippen LogP) is 3.64. The van der Waals surface area contributed by atoms with Crippen LogP contribution >= 0.6 is 0 Å². The summed E-state index contributed by atoms with van der Waals surface area (Å²) in [5.41, 5.74) is 1.68. The third-order valence-corrected chi connectivity index (χ3v) is 7.76. The summed E-state index contributed by atoms with van der Waals surface area (Å²) in [4.78, 5) is 19.3. The van der Waals surface area contributed by atoms with E-state index >= 15 is 0 Å². The van der Waals surface area contributed by atoms with E-state index in [0.29, 0.717) is 19.0 Å². The van der Waals surface area contributed by atoms with Crippen molar-refractivity contribution < 1.29 is 17.9 Å². The molecule has 2 aromatic carbocycles. The van der Waals surface area contributed by atoms with Gasteiger partial charge in [0.05, 0.1) is 28.6 Å². The van der Waals surface area contributed by atoms with Gasteiger partial charge in [0.25, 0.3) is 0 Å². The number of aromatic nitrogens is 1. The number of rotatable bonds is 6. The van der Waals surface area contributed by atoms with Crippen molar-refractivity contribution in [2.75, 3.05) is 13.1 Å². The molecule has 1 amide bonds. The van der Waals surface area contributed by atoms with Crippen LogP contribution in [0, 0.1) is 0 Å². The third kappa shape index (κ3) is 4.71. The minimum atomic E-state index is -3.31. The zero-order chi connectivity index (χ0) is 22.0. The van der Waals surface area contributed by atoms with Crippen molar-refractivity contribution in [1.82, 2.24) is 9.88 Å². The first-order valence-electron chi connectivity index (χ1n) is 10.5. The summed E-state index contributed by atoms with van der Waals surface area (Å²) < 4.78 is 30.5. The van der Waals surface area contributed by atoms with E-state index in [9.17, 15) is 13.2 Å². The lowest BCUT2D eigenvalue weighted by molar-refractivity contribution is -0.129. The van der Waals surface area contributed by atoms with Crippen LogP contribution in [0.1, 0.15) is 25.8 Å². The van der Waals surface area contributed by atoms with Crippen LogP contribution in [0.15, 0.2) is 65.6 Å². The summed E-state index contributed by atoms with van der Waals surface area (Å²) in [6, 6.07) is 18.3. The molecule has 0 saturated carbocycles. The molecule has 0 bridgehead atoms. The zero-order valence-corrected chi connectivity index (χ0v) is 18.5. The first-order valence-corrected chi connectivity index (χ1v) is 12.0. The number of sulfone groups is 1. The number of hydrogen-bond donors (Lipinski definition) is 0. The van der Waals surface area contributed by atoms with Gasteiger partial charge in [-0.3, -0.25) is 4.79 Å². The van der Waals surface area contributed by atoms with Gasteiger partial charge in [0, 0.05) is 24.4 Å². The third-order valence-electron chi connectivity index (χ3n) is 5.59. The molecule has 0 aliphatic carbocycles. The Labute approximate surface area is 182 Å². The van der Waals surface area contributed by atoms with E-state index < -0.39 is 15.1 Å². The summed E-state index contributed by atoms with van der Waals surface area (Å²) in [6.45, 7) is 4.47. The molecule has 1 fully saturated rings. The molecule has 7 heteroatoms. The first kappa shape index (κ1) is 21.3. The second-order valence-corrected chi connectivity index (χ2v) is 10.6. The highest BCUT2D eigenvalue weighted by Gasteiger charge is 2.28. The lowest BCUT2D eigenvalue weighted by Crippen LogP contribution is -2.32. The molecule has 1 aliphatic rings. The second-order valence-electron chi connectivity index (χ2n) is 8.12. The smallest absolute Gasteiger partial charge is 0.227 e. The van der Waals surface area contributed by atoms with Crippen LogP contribution < -0.4 is 4.74 Å². The van der Waals surface area contributed by atoms with Crippen molar-refractivity contribution in [2.45, 2.75) is 42.9 Å². The number of hydrogen-bond acceptors (Lipinski definition) is 5. The number of carbonyl (C=O) groups is 1. The number of nitrogens with zero attached hydrogens (tertiary/aromatic N) is 2. The molecule has 1 atom stereocenters. The van der Waals surface area contributed by atoms with Gasteiger partial charge in [0.1, 0.15) is 6.10 Å². The summed E-state index contributed by atoms with van der Waals surface area (Å²) in [5.74, 6) is 0.581. The van der Waals surface area contributed by atoms with Gasteiger partial charge in [-0.25, -0.2) is 13.4 Å². The number of likely N-dealkylation sites (tertiary alicyclic amines) is 1. The average Bonchev–Trinajstić information content (AvgIpc) is 3.22. The number of fused-ring (bicyclic) bond motifs is 1. The fourth-order valence-corrected chi connectivity index (χ4v) is 4.75. The highest BCUT2D eigenvalue weighted by molar-refractivity contribution is 7.92. The van der Waals surface area contributed by atoms with Crippen LogP contribution in [0.2, 0.25) is 0 Å². The summed E-state index contributed by atoms with van der Waals surface area (Å²) in [5, 5.41) is 0.587. The normalized spacial score (nSPS) is 16.7. The Hall–Kier alpha value is -2.93. The maximum absolute atomic E-state index is 12.7. The van der Waals surface area contributed by atoms with Crippen molar-refractivity contribution in [1.29, 1.82) is 0 Å². The summed E-state index contributed by atoms with van der Waals surface area (Å²) in [6.07, 6.45) is 0.908. The van der Waals surface area contributed by atoms with Crippen LogP contribution in [-0.4, -0.2) is 48.7 Å². The monoisotopic (exact) mass is 438 g/mol. The van der Waals surface area contributed by atoms with Crippen LogP contribution in [0.5, 0.6) is 5.88 Å². The standard InChI is InChI=1S/C24H26N2O4S/c1-17(2)31(28,29)21-10-7-18(8-11-21)15-24(27)26-14-13-20(16-26)30-23-12-9-19-5-3-4-6-22(19)25-23/h3-12,17,20H,13-16H2,1-2H3/t20-/m1/s1. The molecule has 2 heterocycles. The van der Waals surface area contributed by atoms with E-state index in [0.717, 1.165) is 22.9 Å². The number of amides is 1. The van der Waals surface area contributed by atoms with E-state index in [4.69, 9.17) is 4.74 Å². The fraction of sp³-hybridized carbons (Fsp3) is 0.333. The van der Waals surface area contributed by atoms with E-state index in [1.807, 2.05) is 36.4 Å². The molecule has 1 aliphatic heterocycles. The SMILES string of the molecule is CC(C)S(=O)(=O)c1ccc(CC(=O)N2CC[C@@H](Oc3ccc4ccccc4n3)C2)cc1. The molecule has 4 rings (SSSR count). The molecule has 6 nitrogen and oxygen atoms in total. The molecule has 1 saturated heterocycles. The highest BCUT2D eigenvalue weighted by Crippen LogP contribution is 2.21. The van der Waals surface area contributed by atoms with E-state index in [1.165, 1.54) is 0 Å². The number of para-hydroxylation sites is 1.